The molecule has 2 rings (SSSR count). The van der Waals surface area contributed by atoms with E-state index in [1.54, 1.807) is 12.1 Å². The number of hydrogen-bond acceptors (Lipinski definition) is 5. The van der Waals surface area contributed by atoms with Crippen molar-refractivity contribution >= 4 is 23.3 Å². The summed E-state index contributed by atoms with van der Waals surface area (Å²) >= 11 is 1.23. The van der Waals surface area contributed by atoms with Gasteiger partial charge < -0.3 is 10.9 Å². The van der Waals surface area contributed by atoms with E-state index in [2.05, 4.69) is 5.16 Å². The summed E-state index contributed by atoms with van der Waals surface area (Å²) < 4.78 is 12.9. The average Bonchev–Trinajstić information content (AvgIpc) is 2.49. The van der Waals surface area contributed by atoms with Crippen molar-refractivity contribution in [2.45, 2.75) is 9.79 Å². The van der Waals surface area contributed by atoms with Gasteiger partial charge in [-0.1, -0.05) is 16.9 Å². The Morgan fingerprint density at radius 3 is 2.52 bits per heavy atom. The van der Waals surface area contributed by atoms with Crippen LogP contribution in [0.2, 0.25) is 0 Å². The van der Waals surface area contributed by atoms with Crippen LogP contribution in [0.25, 0.3) is 0 Å². The van der Waals surface area contributed by atoms with E-state index in [9.17, 15) is 14.5 Å². The molecule has 0 bridgehead atoms. The molecule has 0 amide bonds. The van der Waals surface area contributed by atoms with Gasteiger partial charge in [0.25, 0.3) is 5.69 Å². The van der Waals surface area contributed by atoms with Gasteiger partial charge in [-0.2, -0.15) is 0 Å². The van der Waals surface area contributed by atoms with Gasteiger partial charge >= 0.3 is 0 Å². The molecule has 0 aliphatic rings. The summed E-state index contributed by atoms with van der Waals surface area (Å²) in [4.78, 5) is 11.5. The molecule has 2 aromatic rings. The lowest BCUT2D eigenvalue weighted by Gasteiger charge is -2.08. The fourth-order valence-electron chi connectivity index (χ4n) is 1.60. The van der Waals surface area contributed by atoms with Gasteiger partial charge in [-0.05, 0) is 30.3 Å². The molecule has 108 valence electrons. The predicted octanol–water partition coefficient (Wildman–Crippen LogP) is 2.98. The van der Waals surface area contributed by atoms with Gasteiger partial charge in [0, 0.05) is 27.5 Å². The molecule has 2 aromatic carbocycles. The van der Waals surface area contributed by atoms with E-state index in [0.717, 1.165) is 4.90 Å². The van der Waals surface area contributed by atoms with Gasteiger partial charge in [0.2, 0.25) is 0 Å². The Balaban J connectivity index is 2.42. The van der Waals surface area contributed by atoms with E-state index in [1.165, 1.54) is 42.1 Å². The van der Waals surface area contributed by atoms with Gasteiger partial charge in [0.15, 0.2) is 5.84 Å². The van der Waals surface area contributed by atoms with Crippen molar-refractivity contribution in [2.24, 2.45) is 10.9 Å². The fourth-order valence-corrected chi connectivity index (χ4v) is 2.54. The summed E-state index contributed by atoms with van der Waals surface area (Å²) in [6.07, 6.45) is 0. The Morgan fingerprint density at radius 1 is 1.29 bits per heavy atom. The monoisotopic (exact) mass is 307 g/mol. The van der Waals surface area contributed by atoms with Gasteiger partial charge in [-0.3, -0.25) is 10.1 Å². The second-order valence-corrected chi connectivity index (χ2v) is 5.09. The molecule has 0 fully saturated rings. The topological polar surface area (TPSA) is 102 Å². The van der Waals surface area contributed by atoms with Crippen LogP contribution >= 0.6 is 11.8 Å². The number of halogens is 1. The molecule has 0 aromatic heterocycles. The maximum Gasteiger partial charge on any atom is 0.270 e. The van der Waals surface area contributed by atoms with Crippen molar-refractivity contribution in [3.63, 3.8) is 0 Å². The highest BCUT2D eigenvalue weighted by Crippen LogP contribution is 2.32. The van der Waals surface area contributed by atoms with Crippen LogP contribution in [0.1, 0.15) is 5.56 Å². The summed E-state index contributed by atoms with van der Waals surface area (Å²) in [5.41, 5.74) is 5.62. The number of non-ortho nitro benzene ring substituents is 1. The molecular formula is C13H10FN3O3S. The molecule has 0 aliphatic carbocycles. The number of nitrogens with two attached hydrogens (primary N) is 1. The van der Waals surface area contributed by atoms with Gasteiger partial charge in [0.1, 0.15) is 5.82 Å². The van der Waals surface area contributed by atoms with Crippen LogP contribution in [-0.4, -0.2) is 16.0 Å². The first-order valence-corrected chi connectivity index (χ1v) is 6.52. The van der Waals surface area contributed by atoms with Crippen molar-refractivity contribution in [3.8, 4) is 0 Å². The van der Waals surface area contributed by atoms with Gasteiger partial charge in [0.05, 0.1) is 4.92 Å². The highest BCUT2D eigenvalue weighted by atomic mass is 32.2. The third-order valence-electron chi connectivity index (χ3n) is 2.60. The van der Waals surface area contributed by atoms with E-state index in [1.807, 2.05) is 0 Å². The van der Waals surface area contributed by atoms with Crippen LogP contribution in [0.3, 0.4) is 0 Å². The number of benzene rings is 2. The lowest BCUT2D eigenvalue weighted by atomic mass is 10.2. The highest BCUT2D eigenvalue weighted by Gasteiger charge is 2.15. The fraction of sp³-hybridized carbons (Fsp3) is 0. The number of oxime groups is 1. The zero-order valence-electron chi connectivity index (χ0n) is 10.6. The van der Waals surface area contributed by atoms with Gasteiger partial charge in [-0.25, -0.2) is 4.39 Å². The Kier molecular flexibility index (Phi) is 4.39. The minimum Gasteiger partial charge on any atom is -0.409 e. The van der Waals surface area contributed by atoms with Crippen molar-refractivity contribution in [2.75, 3.05) is 0 Å². The third kappa shape index (κ3) is 3.48. The molecule has 0 spiro atoms. The number of nitrogens with zero attached hydrogens (tertiary/aromatic N) is 2. The first kappa shape index (κ1) is 14.8. The molecular weight excluding hydrogens is 297 g/mol. The number of amidine groups is 1. The maximum absolute atomic E-state index is 12.9. The van der Waals surface area contributed by atoms with Gasteiger partial charge in [-0.15, -0.1) is 0 Å². The Morgan fingerprint density at radius 2 is 1.95 bits per heavy atom. The van der Waals surface area contributed by atoms with E-state index >= 15 is 0 Å². The lowest BCUT2D eigenvalue weighted by Crippen LogP contribution is -2.14. The van der Waals surface area contributed by atoms with E-state index in [0.29, 0.717) is 4.90 Å². The second kappa shape index (κ2) is 6.23. The first-order valence-electron chi connectivity index (χ1n) is 5.71. The van der Waals surface area contributed by atoms with E-state index < -0.39 is 4.92 Å². The summed E-state index contributed by atoms with van der Waals surface area (Å²) in [6, 6.07) is 9.78. The minimum absolute atomic E-state index is 0.167. The quantitative estimate of drug-likeness (QED) is 0.297. The maximum atomic E-state index is 12.9. The molecule has 3 N–H and O–H groups in total. The standard InChI is InChI=1S/C13H10FN3O3S/c14-8-1-4-10(5-2-8)21-12-6-3-9(17(19)20)7-11(12)13(15)16-18/h1-7,18H,(H2,15,16). The minimum atomic E-state index is -0.569. The summed E-state index contributed by atoms with van der Waals surface area (Å²) in [7, 11) is 0. The van der Waals surface area contributed by atoms with Crippen LogP contribution in [0, 0.1) is 15.9 Å². The molecule has 0 saturated heterocycles. The molecule has 6 nitrogen and oxygen atoms in total. The van der Waals surface area contributed by atoms with Crippen molar-refractivity contribution < 1.29 is 14.5 Å². The normalized spacial score (nSPS) is 11.4. The van der Waals surface area contributed by atoms with Crippen LogP contribution in [0.4, 0.5) is 10.1 Å². The summed E-state index contributed by atoms with van der Waals surface area (Å²) in [5.74, 6) is -0.594. The van der Waals surface area contributed by atoms with E-state index in [-0.39, 0.29) is 22.9 Å². The molecule has 0 radical (unpaired) electrons. The largest absolute Gasteiger partial charge is 0.409 e. The van der Waals surface area contributed by atoms with E-state index in [4.69, 9.17) is 10.9 Å². The molecule has 0 saturated carbocycles. The number of hydrogen-bond donors (Lipinski definition) is 2. The Labute approximate surface area is 123 Å². The van der Waals surface area contributed by atoms with Crippen molar-refractivity contribution in [1.82, 2.24) is 0 Å². The molecule has 0 atom stereocenters. The Hall–Kier alpha value is -2.61. The Bertz CT molecular complexity index is 704. The van der Waals surface area contributed by atoms with Crippen LogP contribution in [-0.2, 0) is 0 Å². The number of nitro groups is 1. The van der Waals surface area contributed by atoms with Crippen LogP contribution in [0.15, 0.2) is 57.4 Å². The van der Waals surface area contributed by atoms with Crippen molar-refractivity contribution in [3.05, 3.63) is 64.0 Å². The first-order chi connectivity index (χ1) is 10.0. The predicted molar refractivity (Wildman–Crippen MR) is 76.1 cm³/mol. The number of rotatable bonds is 4. The summed E-state index contributed by atoms with van der Waals surface area (Å²) in [6.45, 7) is 0. The zero-order chi connectivity index (χ0) is 15.4. The smallest absolute Gasteiger partial charge is 0.270 e. The lowest BCUT2D eigenvalue weighted by molar-refractivity contribution is -0.384. The molecule has 0 unspecified atom stereocenters. The third-order valence-corrected chi connectivity index (χ3v) is 3.68. The second-order valence-electron chi connectivity index (χ2n) is 3.98. The molecule has 21 heavy (non-hydrogen) atoms. The van der Waals surface area contributed by atoms with Crippen molar-refractivity contribution in [1.29, 1.82) is 0 Å². The summed E-state index contributed by atoms with van der Waals surface area (Å²) in [5, 5.41) is 22.4. The zero-order valence-corrected chi connectivity index (χ0v) is 11.4. The molecule has 0 aliphatic heterocycles. The van der Waals surface area contributed by atoms with Crippen LogP contribution in [0.5, 0.6) is 0 Å². The van der Waals surface area contributed by atoms with Crippen LogP contribution < -0.4 is 5.73 Å². The average molecular weight is 307 g/mol. The molecule has 0 heterocycles. The number of nitro benzene ring substituents is 1. The molecule has 8 heteroatoms. The SMILES string of the molecule is NC(=NO)c1cc([N+](=O)[O-])ccc1Sc1ccc(F)cc1. The highest BCUT2D eigenvalue weighted by molar-refractivity contribution is 7.99.